The Morgan fingerprint density at radius 3 is 1.24 bits per heavy atom. The predicted molar refractivity (Wildman–Crippen MR) is 213 cm³/mol. The zero-order chi connectivity index (χ0) is 36.9. The van der Waals surface area contributed by atoms with Crippen LogP contribution >= 0.6 is 0 Å². The Morgan fingerprint density at radius 1 is 0.520 bits per heavy atom. The number of hydrogen-bond acceptors (Lipinski definition) is 7. The number of unbranched alkanes of at least 4 members (excludes halogenated alkanes) is 18. The van der Waals surface area contributed by atoms with Gasteiger partial charge in [0.15, 0.2) is 0 Å². The molecule has 0 radical (unpaired) electrons. The molecule has 2 amide bonds. The summed E-state index contributed by atoms with van der Waals surface area (Å²) in [5.74, 6) is 0.145. The molecule has 0 aromatic carbocycles. The summed E-state index contributed by atoms with van der Waals surface area (Å²) in [6.45, 7) is 12.7. The number of nitroso groups, excluding NO2 is 1. The van der Waals surface area contributed by atoms with Crippen LogP contribution in [0.25, 0.3) is 0 Å². The molecule has 296 valence electrons. The average Bonchev–Trinajstić information content (AvgIpc) is 3.09. The second-order valence-electron chi connectivity index (χ2n) is 15.0. The van der Waals surface area contributed by atoms with Crippen LogP contribution in [0, 0.1) is 4.91 Å². The lowest BCUT2D eigenvalue weighted by molar-refractivity contribution is -0.122. The fourth-order valence-electron chi connectivity index (χ4n) is 6.75. The lowest BCUT2D eigenvalue weighted by atomic mass is 10.0. The Balaban J connectivity index is 4.51. The molecule has 0 saturated heterocycles. The van der Waals surface area contributed by atoms with Gasteiger partial charge in [0.05, 0.1) is 13.2 Å². The van der Waals surface area contributed by atoms with Crippen molar-refractivity contribution in [1.29, 1.82) is 0 Å². The molecule has 0 aliphatic carbocycles. The van der Waals surface area contributed by atoms with Gasteiger partial charge in [-0.05, 0) is 46.2 Å². The first-order chi connectivity index (χ1) is 24.4. The molecule has 2 unspecified atom stereocenters. The molecule has 50 heavy (non-hydrogen) atoms. The Hall–Kier alpha value is -1.58. The molecule has 0 spiro atoms. The minimum absolute atomic E-state index is 0.0392. The van der Waals surface area contributed by atoms with E-state index in [1.165, 1.54) is 116 Å². The number of amides is 2. The van der Waals surface area contributed by atoms with E-state index >= 15 is 0 Å². The van der Waals surface area contributed by atoms with Crippen molar-refractivity contribution in [3.63, 3.8) is 0 Å². The van der Waals surface area contributed by atoms with Crippen LogP contribution in [-0.2, 0) is 9.59 Å². The molecule has 0 aliphatic heterocycles. The maximum atomic E-state index is 12.9. The second kappa shape index (κ2) is 37.2. The normalized spacial score (nSPS) is 12.8. The molecule has 0 aromatic rings. The first kappa shape index (κ1) is 48.4. The van der Waals surface area contributed by atoms with E-state index in [9.17, 15) is 19.6 Å². The third-order valence-electron chi connectivity index (χ3n) is 9.98. The third-order valence-corrected chi connectivity index (χ3v) is 9.98. The van der Waals surface area contributed by atoms with Crippen molar-refractivity contribution in [2.45, 2.75) is 200 Å². The van der Waals surface area contributed by atoms with Crippen LogP contribution in [0.15, 0.2) is 5.18 Å². The van der Waals surface area contributed by atoms with Crippen LogP contribution < -0.4 is 10.6 Å². The molecule has 9 heteroatoms. The highest BCUT2D eigenvalue weighted by Crippen LogP contribution is 2.13. The second-order valence-corrected chi connectivity index (χ2v) is 15.0. The molecule has 0 heterocycles. The molecule has 3 N–H and O–H groups in total. The fourth-order valence-corrected chi connectivity index (χ4v) is 6.75. The van der Waals surface area contributed by atoms with Crippen molar-refractivity contribution in [3.8, 4) is 0 Å². The van der Waals surface area contributed by atoms with Crippen molar-refractivity contribution >= 4 is 11.8 Å². The number of nitrogens with one attached hydrogen (secondary N) is 2. The molecule has 0 rings (SSSR count). The summed E-state index contributed by atoms with van der Waals surface area (Å²) in [5.41, 5.74) is 0. The lowest BCUT2D eigenvalue weighted by Gasteiger charge is -2.25. The van der Waals surface area contributed by atoms with Crippen LogP contribution in [0.2, 0.25) is 0 Å². The summed E-state index contributed by atoms with van der Waals surface area (Å²) >= 11 is 0. The van der Waals surface area contributed by atoms with Gasteiger partial charge in [-0.25, -0.2) is 0 Å². The molecule has 0 aliphatic rings. The number of aliphatic hydroxyl groups excluding tert-OH is 1. The Labute approximate surface area is 309 Å². The highest BCUT2D eigenvalue weighted by molar-refractivity contribution is 5.77. The van der Waals surface area contributed by atoms with Gasteiger partial charge < -0.3 is 20.6 Å². The van der Waals surface area contributed by atoms with E-state index in [-0.39, 0.29) is 37.0 Å². The molecule has 0 saturated carbocycles. The topological polar surface area (TPSA) is 114 Å². The number of rotatable bonds is 39. The Kier molecular flexibility index (Phi) is 36.0. The summed E-state index contributed by atoms with van der Waals surface area (Å²) in [5, 5.41) is 18.8. The van der Waals surface area contributed by atoms with Gasteiger partial charge in [-0.2, -0.15) is 4.91 Å². The number of carbonyl (C=O) groups excluding carboxylic acids is 2. The summed E-state index contributed by atoms with van der Waals surface area (Å²) < 4.78 is 0. The highest BCUT2D eigenvalue weighted by Gasteiger charge is 2.15. The molecule has 0 aromatic heterocycles. The van der Waals surface area contributed by atoms with Crippen LogP contribution in [-0.4, -0.2) is 91.2 Å². The van der Waals surface area contributed by atoms with Crippen molar-refractivity contribution in [3.05, 3.63) is 4.91 Å². The van der Waals surface area contributed by atoms with E-state index in [2.05, 4.69) is 48.4 Å². The summed E-state index contributed by atoms with van der Waals surface area (Å²) in [7, 11) is 0. The fraction of sp³-hybridized carbons (Fsp3) is 0.951. The smallest absolute Gasteiger partial charge is 0.221 e. The minimum Gasteiger partial charge on any atom is -0.395 e. The van der Waals surface area contributed by atoms with E-state index in [0.29, 0.717) is 39.0 Å². The van der Waals surface area contributed by atoms with Crippen LogP contribution in [0.4, 0.5) is 0 Å². The van der Waals surface area contributed by atoms with Crippen molar-refractivity contribution in [1.82, 2.24) is 20.4 Å². The zero-order valence-electron chi connectivity index (χ0n) is 33.5. The molecule has 0 fully saturated rings. The molecular formula is C41H83N5O4. The first-order valence-corrected chi connectivity index (χ1v) is 21.3. The number of nitrogens with zero attached hydrogens (tertiary/aromatic N) is 3. The van der Waals surface area contributed by atoms with Crippen molar-refractivity contribution in [2.24, 2.45) is 5.18 Å². The van der Waals surface area contributed by atoms with E-state index in [4.69, 9.17) is 0 Å². The number of aliphatic hydroxyl groups is 1. The largest absolute Gasteiger partial charge is 0.395 e. The minimum atomic E-state index is 0.0392. The summed E-state index contributed by atoms with van der Waals surface area (Å²) in [6.07, 6.45) is 30.0. The van der Waals surface area contributed by atoms with Gasteiger partial charge in [0.1, 0.15) is 0 Å². The highest BCUT2D eigenvalue weighted by atomic mass is 16.3. The number of carbonyl (C=O) groups is 2. The van der Waals surface area contributed by atoms with Crippen LogP contribution in [0.1, 0.15) is 188 Å². The molecule has 9 nitrogen and oxygen atoms in total. The average molecular weight is 710 g/mol. The first-order valence-electron chi connectivity index (χ1n) is 21.3. The van der Waals surface area contributed by atoms with Gasteiger partial charge in [-0.1, -0.05) is 147 Å². The Morgan fingerprint density at radius 2 is 0.880 bits per heavy atom. The van der Waals surface area contributed by atoms with Gasteiger partial charge in [-0.3, -0.25) is 14.5 Å². The third kappa shape index (κ3) is 33.6. The van der Waals surface area contributed by atoms with Crippen molar-refractivity contribution < 1.29 is 14.7 Å². The maximum Gasteiger partial charge on any atom is 0.221 e. The van der Waals surface area contributed by atoms with Gasteiger partial charge in [0, 0.05) is 51.1 Å². The standard InChI is InChI=1S/C41H83N5O4/c1-5-7-9-11-13-15-17-19-21-23-26-38(3)43-40(48)28-33-45(31-25-32-46(36-37-47)35-30-42-50)34-29-41(49)44-39(4)27-24-22-20-18-16-14-12-10-8-6-2/h38-39,47H,5-37H2,1-4H3,(H,43,48)(H,44,49). The summed E-state index contributed by atoms with van der Waals surface area (Å²) in [6, 6.07) is 0.345. The van der Waals surface area contributed by atoms with Crippen molar-refractivity contribution in [2.75, 3.05) is 52.4 Å². The number of hydrogen-bond donors (Lipinski definition) is 3. The van der Waals surface area contributed by atoms with Gasteiger partial charge in [0.25, 0.3) is 0 Å². The van der Waals surface area contributed by atoms with E-state index in [1.54, 1.807) is 0 Å². The monoisotopic (exact) mass is 710 g/mol. The van der Waals surface area contributed by atoms with Crippen LogP contribution in [0.3, 0.4) is 0 Å². The predicted octanol–water partition coefficient (Wildman–Crippen LogP) is 9.15. The summed E-state index contributed by atoms with van der Waals surface area (Å²) in [4.78, 5) is 40.6. The van der Waals surface area contributed by atoms with Gasteiger partial charge in [-0.15, -0.1) is 0 Å². The molecule has 0 bridgehead atoms. The lowest BCUT2D eigenvalue weighted by Crippen LogP contribution is -2.39. The molecular weight excluding hydrogens is 626 g/mol. The van der Waals surface area contributed by atoms with Gasteiger partial charge >= 0.3 is 0 Å². The van der Waals surface area contributed by atoms with E-state index in [1.807, 2.05) is 4.90 Å². The van der Waals surface area contributed by atoms with E-state index < -0.39 is 0 Å². The maximum absolute atomic E-state index is 12.9. The molecule has 2 atom stereocenters. The quantitative estimate of drug-likeness (QED) is 0.0433. The van der Waals surface area contributed by atoms with Gasteiger partial charge in [0.2, 0.25) is 11.8 Å². The Bertz CT molecular complexity index is 723. The SMILES string of the molecule is CCCCCCCCCCCCC(C)NC(=O)CCN(CCCN(CCO)CCN=O)CCC(=O)NC(C)CCCCCCCCCCCC. The van der Waals surface area contributed by atoms with E-state index in [0.717, 1.165) is 45.2 Å². The zero-order valence-corrected chi connectivity index (χ0v) is 33.5. The van der Waals surface area contributed by atoms with Crippen LogP contribution in [0.5, 0.6) is 0 Å².